The highest BCUT2D eigenvalue weighted by Crippen LogP contribution is 2.52. The van der Waals surface area contributed by atoms with E-state index < -0.39 is 0 Å². The van der Waals surface area contributed by atoms with Gasteiger partial charge in [-0.1, -0.05) is 23.2 Å². The summed E-state index contributed by atoms with van der Waals surface area (Å²) in [5, 5.41) is 1.79. The maximum absolute atomic E-state index is 6.42. The summed E-state index contributed by atoms with van der Waals surface area (Å²) < 4.78 is 8.63. The number of rotatable bonds is 1. The van der Waals surface area contributed by atoms with E-state index in [4.69, 9.17) is 28.9 Å². The molecule has 8 heteroatoms. The Morgan fingerprint density at radius 2 is 2.00 bits per heavy atom. The van der Waals surface area contributed by atoms with E-state index in [0.29, 0.717) is 15.2 Å². The lowest BCUT2D eigenvalue weighted by atomic mass is 9.95. The van der Waals surface area contributed by atoms with E-state index in [-0.39, 0.29) is 5.92 Å². The highest BCUT2D eigenvalue weighted by Gasteiger charge is 2.33. The largest absolute Gasteiger partial charge is 0.375 e. The maximum Gasteiger partial charge on any atom is 0.180 e. The molecule has 1 aromatic heterocycles. The first-order valence-electron chi connectivity index (χ1n) is 6.00. The van der Waals surface area contributed by atoms with E-state index in [2.05, 4.69) is 13.7 Å². The molecular formula is C12H8Cl2N4S2. The smallest absolute Gasteiger partial charge is 0.180 e. The third kappa shape index (κ3) is 1.75. The van der Waals surface area contributed by atoms with Crippen LogP contribution in [0.1, 0.15) is 28.5 Å². The molecule has 2 aliphatic rings. The fraction of sp³-hybridized carbons (Fsp3) is 0.250. The van der Waals surface area contributed by atoms with Crippen LogP contribution in [0.2, 0.25) is 10.0 Å². The quantitative estimate of drug-likeness (QED) is 0.687. The monoisotopic (exact) mass is 342 g/mol. The van der Waals surface area contributed by atoms with E-state index in [1.807, 2.05) is 0 Å². The van der Waals surface area contributed by atoms with E-state index in [1.54, 1.807) is 6.07 Å². The summed E-state index contributed by atoms with van der Waals surface area (Å²) in [6.45, 7) is 0. The van der Waals surface area contributed by atoms with E-state index in [9.17, 15) is 0 Å². The van der Waals surface area contributed by atoms with Crippen molar-refractivity contribution in [2.24, 2.45) is 8.73 Å². The highest BCUT2D eigenvalue weighted by molar-refractivity contribution is 7.58. The lowest BCUT2D eigenvalue weighted by molar-refractivity contribution is 0.792. The summed E-state index contributed by atoms with van der Waals surface area (Å²) in [5.74, 6) is 0.191. The zero-order valence-electron chi connectivity index (χ0n) is 10.1. The molecule has 102 valence electrons. The first-order chi connectivity index (χ1) is 9.65. The van der Waals surface area contributed by atoms with Gasteiger partial charge in [-0.15, -0.1) is 11.3 Å². The van der Waals surface area contributed by atoms with Crippen molar-refractivity contribution in [3.8, 4) is 0 Å². The third-order valence-corrected chi connectivity index (χ3v) is 5.73. The molecule has 4 nitrogen and oxygen atoms in total. The van der Waals surface area contributed by atoms with Gasteiger partial charge in [0.25, 0.3) is 0 Å². The Morgan fingerprint density at radius 3 is 2.85 bits per heavy atom. The van der Waals surface area contributed by atoms with Crippen molar-refractivity contribution in [2.45, 2.75) is 18.8 Å². The fourth-order valence-electron chi connectivity index (χ4n) is 2.75. The molecule has 20 heavy (non-hydrogen) atoms. The maximum atomic E-state index is 6.42. The van der Waals surface area contributed by atoms with Crippen molar-refractivity contribution in [1.29, 1.82) is 0 Å². The molecule has 1 unspecified atom stereocenters. The highest BCUT2D eigenvalue weighted by atomic mass is 35.5. The van der Waals surface area contributed by atoms with Gasteiger partial charge in [-0.3, -0.25) is 0 Å². The average molecular weight is 343 g/mol. The number of thiazole rings is 1. The molecule has 0 spiro atoms. The molecule has 0 bridgehead atoms. The van der Waals surface area contributed by atoms with Crippen LogP contribution in [0.4, 0.5) is 16.5 Å². The second-order valence-corrected chi connectivity index (χ2v) is 7.07. The van der Waals surface area contributed by atoms with Gasteiger partial charge in [-0.05, 0) is 18.9 Å². The van der Waals surface area contributed by atoms with Gasteiger partial charge in [0.1, 0.15) is 11.4 Å². The Morgan fingerprint density at radius 1 is 1.20 bits per heavy atom. The van der Waals surface area contributed by atoms with Crippen LogP contribution in [-0.4, -0.2) is 4.98 Å². The SMILES string of the molecule is Nc1nc2c(s1)C(c1c(Cl)cc(Cl)c3c1N=S=N3)CC2. The molecule has 2 N–H and O–H groups in total. The number of aromatic nitrogens is 1. The summed E-state index contributed by atoms with van der Waals surface area (Å²) >= 11 is 15.3. The summed E-state index contributed by atoms with van der Waals surface area (Å²) in [7, 11) is 0. The average Bonchev–Trinajstić information content (AvgIpc) is 3.05. The van der Waals surface area contributed by atoms with Crippen LogP contribution >= 0.6 is 34.5 Å². The molecule has 2 heterocycles. The van der Waals surface area contributed by atoms with Gasteiger partial charge in [-0.2, -0.15) is 8.73 Å². The van der Waals surface area contributed by atoms with Crippen molar-refractivity contribution < 1.29 is 0 Å². The lowest BCUT2D eigenvalue weighted by Crippen LogP contribution is -1.96. The Balaban J connectivity index is 1.93. The molecule has 1 aromatic carbocycles. The van der Waals surface area contributed by atoms with Gasteiger partial charge < -0.3 is 5.73 Å². The van der Waals surface area contributed by atoms with Gasteiger partial charge in [0.2, 0.25) is 0 Å². The Kier molecular flexibility index (Phi) is 2.89. The molecule has 0 saturated heterocycles. The Bertz CT molecular complexity index is 808. The standard InChI is InChI=1S/C12H8Cl2N4S2/c13-5-3-6(14)9-10(18-20-17-9)8(5)4-1-2-7-11(4)19-12(15)16-7/h3-4H,1-2H2,(H2,15,16). The zero-order valence-corrected chi connectivity index (χ0v) is 13.2. The van der Waals surface area contributed by atoms with Gasteiger partial charge >= 0.3 is 0 Å². The summed E-state index contributed by atoms with van der Waals surface area (Å²) in [6, 6.07) is 1.75. The molecule has 0 saturated carbocycles. The number of benzene rings is 1. The van der Waals surface area contributed by atoms with Crippen LogP contribution in [0.5, 0.6) is 0 Å². The first-order valence-corrected chi connectivity index (χ1v) is 8.30. The van der Waals surface area contributed by atoms with Crippen LogP contribution in [-0.2, 0) is 17.8 Å². The predicted octanol–water partition coefficient (Wildman–Crippen LogP) is 4.84. The van der Waals surface area contributed by atoms with Crippen molar-refractivity contribution in [3.63, 3.8) is 0 Å². The zero-order chi connectivity index (χ0) is 13.9. The van der Waals surface area contributed by atoms with Crippen molar-refractivity contribution in [3.05, 3.63) is 32.2 Å². The number of fused-ring (bicyclic) bond motifs is 2. The fourth-order valence-corrected chi connectivity index (χ4v) is 5.02. The van der Waals surface area contributed by atoms with Crippen molar-refractivity contribution in [2.75, 3.05) is 5.73 Å². The second kappa shape index (κ2) is 4.53. The van der Waals surface area contributed by atoms with E-state index in [0.717, 1.165) is 46.8 Å². The molecule has 0 amide bonds. The summed E-state index contributed by atoms with van der Waals surface area (Å²) in [6.07, 6.45) is 1.90. The summed E-state index contributed by atoms with van der Waals surface area (Å²) in [5.41, 5.74) is 9.42. The molecule has 1 aliphatic carbocycles. The van der Waals surface area contributed by atoms with Crippen LogP contribution in [0.3, 0.4) is 0 Å². The topological polar surface area (TPSA) is 63.6 Å². The molecule has 1 aliphatic heterocycles. The molecule has 0 radical (unpaired) electrons. The number of aryl methyl sites for hydroxylation is 1. The van der Waals surface area contributed by atoms with E-state index >= 15 is 0 Å². The molecule has 2 aromatic rings. The van der Waals surface area contributed by atoms with Gasteiger partial charge in [0.15, 0.2) is 5.13 Å². The Labute approximate surface area is 132 Å². The lowest BCUT2D eigenvalue weighted by Gasteiger charge is -2.15. The number of nitrogen functional groups attached to an aromatic ring is 1. The number of nitrogens with zero attached hydrogens (tertiary/aromatic N) is 3. The second-order valence-electron chi connectivity index (χ2n) is 4.67. The molecule has 1 atom stereocenters. The van der Waals surface area contributed by atoms with Gasteiger partial charge in [0, 0.05) is 21.4 Å². The minimum atomic E-state index is 0.191. The van der Waals surface area contributed by atoms with Crippen LogP contribution in [0, 0.1) is 0 Å². The van der Waals surface area contributed by atoms with Crippen molar-refractivity contribution in [1.82, 2.24) is 4.98 Å². The number of nitrogens with two attached hydrogens (primary N) is 1. The number of hydrogen-bond acceptors (Lipinski definition) is 5. The van der Waals surface area contributed by atoms with Crippen LogP contribution in [0.25, 0.3) is 0 Å². The minimum absolute atomic E-state index is 0.191. The van der Waals surface area contributed by atoms with Crippen LogP contribution in [0.15, 0.2) is 14.8 Å². The van der Waals surface area contributed by atoms with Crippen molar-refractivity contribution >= 4 is 62.4 Å². The minimum Gasteiger partial charge on any atom is -0.375 e. The normalized spacial score (nSPS) is 19.0. The molecular weight excluding hydrogens is 335 g/mol. The number of hydrogen-bond donors (Lipinski definition) is 1. The molecule has 4 rings (SSSR count). The number of halogens is 2. The van der Waals surface area contributed by atoms with Gasteiger partial charge in [-0.25, -0.2) is 4.98 Å². The first kappa shape index (κ1) is 12.8. The third-order valence-electron chi connectivity index (χ3n) is 3.56. The predicted molar refractivity (Wildman–Crippen MR) is 84.7 cm³/mol. The van der Waals surface area contributed by atoms with E-state index in [1.165, 1.54) is 16.2 Å². The summed E-state index contributed by atoms with van der Waals surface area (Å²) in [4.78, 5) is 5.57. The molecule has 0 fully saturated rings. The number of anilines is 1. The van der Waals surface area contributed by atoms with Gasteiger partial charge in [0.05, 0.1) is 22.1 Å². The van der Waals surface area contributed by atoms with Crippen LogP contribution < -0.4 is 5.73 Å². The Hall–Kier alpha value is -0.950.